The van der Waals surface area contributed by atoms with Gasteiger partial charge in [0.2, 0.25) is 0 Å². The molecule has 8 nitrogen and oxygen atoms in total. The molecule has 18 heavy (non-hydrogen) atoms. The molecule has 0 atom stereocenters. The number of carboxylic acids is 1. The minimum atomic E-state index is -1.31. The van der Waals surface area contributed by atoms with Crippen molar-refractivity contribution >= 4 is 11.9 Å². The quantitative estimate of drug-likeness (QED) is 0.361. The van der Waals surface area contributed by atoms with Gasteiger partial charge in [0.1, 0.15) is 12.2 Å². The molecule has 0 saturated heterocycles. The van der Waals surface area contributed by atoms with Crippen LogP contribution in [0.3, 0.4) is 0 Å². The first kappa shape index (κ1) is 13.4. The van der Waals surface area contributed by atoms with Crippen molar-refractivity contribution in [2.75, 3.05) is 0 Å². The molecule has 0 aliphatic carbocycles. The molecular weight excluding hydrogens is 246 g/mol. The molecule has 0 unspecified atom stereocenters. The maximum Gasteiger partial charge on any atom is 0.339 e. The van der Waals surface area contributed by atoms with E-state index in [-0.39, 0.29) is 16.9 Å². The predicted molar refractivity (Wildman–Crippen MR) is 56.5 cm³/mol. The van der Waals surface area contributed by atoms with Gasteiger partial charge in [-0.3, -0.25) is 4.79 Å². The monoisotopic (exact) mass is 255 g/mol. The SMILES string of the molecule is CC(=O)Oc1c(CO[N+](=O)[O-])cccc1C(=O)O. The fourth-order valence-electron chi connectivity index (χ4n) is 1.25. The second-order valence-electron chi connectivity index (χ2n) is 3.19. The first-order chi connectivity index (χ1) is 8.41. The number of aromatic carboxylic acids is 1. The predicted octanol–water partition coefficient (Wildman–Crippen LogP) is 1.02. The Balaban J connectivity index is 3.14. The summed E-state index contributed by atoms with van der Waals surface area (Å²) in [6.45, 7) is 0.591. The van der Waals surface area contributed by atoms with Gasteiger partial charge in [-0.25, -0.2) is 4.79 Å². The van der Waals surface area contributed by atoms with E-state index in [4.69, 9.17) is 9.84 Å². The molecule has 1 aromatic rings. The summed E-state index contributed by atoms with van der Waals surface area (Å²) in [4.78, 5) is 36.0. The first-order valence-electron chi connectivity index (χ1n) is 4.72. The molecule has 0 aliphatic rings. The molecule has 0 amide bonds. The Labute approximate surface area is 101 Å². The smallest absolute Gasteiger partial charge is 0.339 e. The van der Waals surface area contributed by atoms with Crippen molar-refractivity contribution in [2.24, 2.45) is 0 Å². The maximum absolute atomic E-state index is 10.9. The summed E-state index contributed by atoms with van der Waals surface area (Å²) in [5.74, 6) is -2.29. The van der Waals surface area contributed by atoms with Crippen LogP contribution in [0.2, 0.25) is 0 Å². The Morgan fingerprint density at radius 3 is 2.61 bits per heavy atom. The van der Waals surface area contributed by atoms with Crippen molar-refractivity contribution in [2.45, 2.75) is 13.5 Å². The number of nitrogens with zero attached hydrogens (tertiary/aromatic N) is 1. The van der Waals surface area contributed by atoms with Crippen LogP contribution in [-0.2, 0) is 16.2 Å². The van der Waals surface area contributed by atoms with Crippen LogP contribution in [0.4, 0.5) is 0 Å². The number of carbonyl (C=O) groups is 2. The van der Waals surface area contributed by atoms with Gasteiger partial charge in [-0.2, -0.15) is 0 Å². The summed E-state index contributed by atoms with van der Waals surface area (Å²) in [6.07, 6.45) is 0. The van der Waals surface area contributed by atoms with Gasteiger partial charge in [0.25, 0.3) is 5.09 Å². The van der Waals surface area contributed by atoms with E-state index >= 15 is 0 Å². The molecule has 0 saturated carbocycles. The van der Waals surface area contributed by atoms with Gasteiger partial charge in [0.15, 0.2) is 5.75 Å². The number of esters is 1. The fourth-order valence-corrected chi connectivity index (χ4v) is 1.25. The second kappa shape index (κ2) is 5.62. The highest BCUT2D eigenvalue weighted by Crippen LogP contribution is 2.25. The number of rotatable bonds is 5. The zero-order chi connectivity index (χ0) is 13.7. The molecule has 0 fully saturated rings. The van der Waals surface area contributed by atoms with Crippen molar-refractivity contribution < 1.29 is 29.4 Å². The minimum Gasteiger partial charge on any atom is -0.478 e. The number of ether oxygens (including phenoxy) is 1. The molecule has 1 aromatic carbocycles. The Kier molecular flexibility index (Phi) is 4.19. The summed E-state index contributed by atoms with van der Waals surface area (Å²) in [7, 11) is 0. The van der Waals surface area contributed by atoms with Crippen molar-refractivity contribution in [3.63, 3.8) is 0 Å². The molecular formula is C10H9NO7. The standard InChI is InChI=1S/C10H9NO7/c1-6(12)18-9-7(5-17-11(15)16)3-2-4-8(9)10(13)14/h2-4H,5H2,1H3,(H,13,14). The third-order valence-corrected chi connectivity index (χ3v) is 1.90. The first-order valence-corrected chi connectivity index (χ1v) is 4.72. The van der Waals surface area contributed by atoms with Crippen LogP contribution in [0.15, 0.2) is 18.2 Å². The molecule has 0 aromatic heterocycles. The van der Waals surface area contributed by atoms with Crippen molar-refractivity contribution in [1.29, 1.82) is 0 Å². The molecule has 1 N–H and O–H groups in total. The molecule has 0 heterocycles. The fraction of sp³-hybridized carbons (Fsp3) is 0.200. The molecule has 1 rings (SSSR count). The largest absolute Gasteiger partial charge is 0.478 e. The van der Waals surface area contributed by atoms with Crippen molar-refractivity contribution in [1.82, 2.24) is 0 Å². The zero-order valence-electron chi connectivity index (χ0n) is 9.28. The highest BCUT2D eigenvalue weighted by molar-refractivity contribution is 5.92. The number of hydrogen-bond donors (Lipinski definition) is 1. The van der Waals surface area contributed by atoms with Crippen LogP contribution >= 0.6 is 0 Å². The molecule has 0 aliphatic heterocycles. The van der Waals surface area contributed by atoms with Crippen LogP contribution < -0.4 is 4.74 Å². The lowest BCUT2D eigenvalue weighted by atomic mass is 10.1. The summed E-state index contributed by atoms with van der Waals surface area (Å²) < 4.78 is 4.75. The van der Waals surface area contributed by atoms with Gasteiger partial charge in [0.05, 0.1) is 0 Å². The van der Waals surface area contributed by atoms with E-state index in [0.29, 0.717) is 0 Å². The summed E-state index contributed by atoms with van der Waals surface area (Å²) in [5.41, 5.74) is -0.170. The Morgan fingerprint density at radius 1 is 1.44 bits per heavy atom. The maximum atomic E-state index is 10.9. The molecule has 0 radical (unpaired) electrons. The number of hydrogen-bond acceptors (Lipinski definition) is 6. The molecule has 0 bridgehead atoms. The lowest BCUT2D eigenvalue weighted by Crippen LogP contribution is -2.11. The van der Waals surface area contributed by atoms with E-state index in [2.05, 4.69) is 4.84 Å². The second-order valence-corrected chi connectivity index (χ2v) is 3.19. The Hall–Kier alpha value is -2.64. The highest BCUT2D eigenvalue weighted by Gasteiger charge is 2.17. The van der Waals surface area contributed by atoms with Gasteiger partial charge < -0.3 is 14.7 Å². The van der Waals surface area contributed by atoms with Gasteiger partial charge in [-0.1, -0.05) is 12.1 Å². The number of carbonyl (C=O) groups excluding carboxylic acids is 1. The average Bonchev–Trinajstić information content (AvgIpc) is 2.26. The lowest BCUT2D eigenvalue weighted by Gasteiger charge is -2.10. The van der Waals surface area contributed by atoms with Gasteiger partial charge in [-0.05, 0) is 6.07 Å². The van der Waals surface area contributed by atoms with E-state index < -0.39 is 23.6 Å². The Morgan fingerprint density at radius 2 is 2.11 bits per heavy atom. The van der Waals surface area contributed by atoms with E-state index in [9.17, 15) is 19.7 Å². The van der Waals surface area contributed by atoms with Gasteiger partial charge >= 0.3 is 11.9 Å². The minimum absolute atomic E-state index is 0.0989. The number of carboxylic acid groups (broad SMARTS) is 1. The zero-order valence-corrected chi connectivity index (χ0v) is 9.28. The lowest BCUT2D eigenvalue weighted by molar-refractivity contribution is -0.763. The normalized spacial score (nSPS) is 9.61. The van der Waals surface area contributed by atoms with Gasteiger partial charge in [0, 0.05) is 12.5 Å². The third-order valence-electron chi connectivity index (χ3n) is 1.90. The number of benzene rings is 1. The van der Waals surface area contributed by atoms with E-state index in [1.54, 1.807) is 0 Å². The molecule has 0 spiro atoms. The third kappa shape index (κ3) is 3.44. The van der Waals surface area contributed by atoms with Crippen LogP contribution in [0, 0.1) is 10.1 Å². The topological polar surface area (TPSA) is 116 Å². The Bertz CT molecular complexity index is 497. The van der Waals surface area contributed by atoms with E-state index in [1.807, 2.05) is 0 Å². The number of para-hydroxylation sites is 1. The summed E-state index contributed by atoms with van der Waals surface area (Å²) in [5, 5.41) is 18.0. The van der Waals surface area contributed by atoms with Crippen LogP contribution in [0.1, 0.15) is 22.8 Å². The summed E-state index contributed by atoms with van der Waals surface area (Å²) >= 11 is 0. The molecule has 96 valence electrons. The van der Waals surface area contributed by atoms with E-state index in [1.165, 1.54) is 18.2 Å². The van der Waals surface area contributed by atoms with Crippen LogP contribution in [0.25, 0.3) is 0 Å². The van der Waals surface area contributed by atoms with Crippen molar-refractivity contribution in [3.05, 3.63) is 39.4 Å². The van der Waals surface area contributed by atoms with E-state index in [0.717, 1.165) is 6.92 Å². The molecule has 8 heteroatoms. The van der Waals surface area contributed by atoms with Crippen molar-refractivity contribution in [3.8, 4) is 5.75 Å². The average molecular weight is 255 g/mol. The summed E-state index contributed by atoms with van der Waals surface area (Å²) in [6, 6.07) is 3.96. The highest BCUT2D eigenvalue weighted by atomic mass is 16.9. The van der Waals surface area contributed by atoms with Crippen LogP contribution in [-0.4, -0.2) is 22.1 Å². The van der Waals surface area contributed by atoms with Gasteiger partial charge in [-0.15, -0.1) is 10.1 Å². The van der Waals surface area contributed by atoms with Crippen LogP contribution in [0.5, 0.6) is 5.75 Å².